The van der Waals surface area contributed by atoms with Crippen LogP contribution in [0.5, 0.6) is 11.5 Å². The summed E-state index contributed by atoms with van der Waals surface area (Å²) in [5.74, 6) is 0.176. The van der Waals surface area contributed by atoms with Crippen LogP contribution in [0.15, 0.2) is 34.7 Å². The number of alkyl halides is 2. The van der Waals surface area contributed by atoms with Gasteiger partial charge in [0.2, 0.25) is 0 Å². The summed E-state index contributed by atoms with van der Waals surface area (Å²) in [6, 6.07) is 7.89. The molecule has 2 aliphatic heterocycles. The van der Waals surface area contributed by atoms with Gasteiger partial charge >= 0.3 is 12.3 Å². The number of esters is 1. The molecule has 3 heterocycles. The van der Waals surface area contributed by atoms with Crippen LogP contribution in [-0.2, 0) is 22.7 Å². The molecule has 1 aromatic heterocycles. The third-order valence-electron chi connectivity index (χ3n) is 5.05. The summed E-state index contributed by atoms with van der Waals surface area (Å²) in [4.78, 5) is 27.7. The molecule has 166 valence electrons. The van der Waals surface area contributed by atoms with E-state index in [0.29, 0.717) is 31.9 Å². The maximum absolute atomic E-state index is 13.4. The van der Waals surface area contributed by atoms with Gasteiger partial charge in [0.05, 0.1) is 12.1 Å². The molecule has 1 aromatic carbocycles. The molecule has 0 bridgehead atoms. The number of rotatable bonds is 5. The number of furan rings is 1. The number of halogens is 2. The largest absolute Gasteiger partial charge is 0.586 e. The predicted octanol–water partition coefficient (Wildman–Crippen LogP) is 3.01. The number of fused-ring (bicyclic) bond motifs is 1. The van der Waals surface area contributed by atoms with Crippen molar-refractivity contribution < 1.29 is 37.0 Å². The Morgan fingerprint density at radius 2 is 1.87 bits per heavy atom. The summed E-state index contributed by atoms with van der Waals surface area (Å²) in [6.07, 6.45) is -3.05. The lowest BCUT2D eigenvalue weighted by molar-refractivity contribution is -0.286. The van der Waals surface area contributed by atoms with Crippen molar-refractivity contribution in [1.29, 1.82) is 0 Å². The second-order valence-electron chi connectivity index (χ2n) is 7.37. The number of hydrogen-bond donors (Lipinski definition) is 0. The summed E-state index contributed by atoms with van der Waals surface area (Å²) in [6.45, 7) is 4.23. The molecule has 4 rings (SSSR count). The van der Waals surface area contributed by atoms with E-state index in [1.807, 2.05) is 6.07 Å². The second-order valence-corrected chi connectivity index (χ2v) is 7.37. The van der Waals surface area contributed by atoms with Gasteiger partial charge in [-0.25, -0.2) is 0 Å². The first-order chi connectivity index (χ1) is 14.8. The molecule has 0 N–H and O–H groups in total. The standard InChI is InChI=1S/C21H22F2N2O6/c1-14(26)28-13-16-7-6-15(29-16)12-24-8-3-9-25(11-10-24)20(27)17-4-2-5-18-19(17)31-21(22,23)30-18/h2,4-7H,3,8-13H2,1H3. The Hall–Kier alpha value is -3.14. The van der Waals surface area contributed by atoms with Crippen molar-refractivity contribution in [2.75, 3.05) is 26.2 Å². The molecule has 8 nitrogen and oxygen atoms in total. The van der Waals surface area contributed by atoms with E-state index in [4.69, 9.17) is 9.15 Å². The average molecular weight is 436 g/mol. The first-order valence-electron chi connectivity index (χ1n) is 9.92. The SMILES string of the molecule is CC(=O)OCc1ccc(CN2CCCN(C(=O)c3cccc4c3OC(F)(F)O4)CC2)o1. The summed E-state index contributed by atoms with van der Waals surface area (Å²) in [7, 11) is 0. The first kappa shape index (κ1) is 21.1. The lowest BCUT2D eigenvalue weighted by Gasteiger charge is -2.22. The van der Waals surface area contributed by atoms with Gasteiger partial charge in [-0.2, -0.15) is 0 Å². The summed E-state index contributed by atoms with van der Waals surface area (Å²) in [5.41, 5.74) is 0.0595. The molecule has 0 atom stereocenters. The molecule has 0 spiro atoms. The van der Waals surface area contributed by atoms with Crippen molar-refractivity contribution in [3.63, 3.8) is 0 Å². The lowest BCUT2D eigenvalue weighted by Crippen LogP contribution is -2.35. The van der Waals surface area contributed by atoms with E-state index in [0.717, 1.165) is 18.7 Å². The zero-order chi connectivity index (χ0) is 22.0. The van der Waals surface area contributed by atoms with Gasteiger partial charge < -0.3 is 23.5 Å². The van der Waals surface area contributed by atoms with Crippen LogP contribution < -0.4 is 9.47 Å². The molecule has 0 aliphatic carbocycles. The number of benzene rings is 1. The van der Waals surface area contributed by atoms with E-state index in [1.54, 1.807) is 11.0 Å². The minimum atomic E-state index is -3.77. The van der Waals surface area contributed by atoms with E-state index >= 15 is 0 Å². The van der Waals surface area contributed by atoms with Gasteiger partial charge in [0, 0.05) is 33.1 Å². The fourth-order valence-electron chi connectivity index (χ4n) is 3.62. The normalized spacial score (nSPS) is 18.0. The van der Waals surface area contributed by atoms with Gasteiger partial charge in [0.15, 0.2) is 11.5 Å². The van der Waals surface area contributed by atoms with Crippen molar-refractivity contribution in [1.82, 2.24) is 9.80 Å². The zero-order valence-electron chi connectivity index (χ0n) is 16.9. The van der Waals surface area contributed by atoms with Crippen molar-refractivity contribution in [2.24, 2.45) is 0 Å². The van der Waals surface area contributed by atoms with E-state index < -0.39 is 6.29 Å². The van der Waals surface area contributed by atoms with Gasteiger partial charge in [-0.3, -0.25) is 14.5 Å². The molecule has 10 heteroatoms. The summed E-state index contributed by atoms with van der Waals surface area (Å²) in [5, 5.41) is 0. The maximum Gasteiger partial charge on any atom is 0.586 e. The predicted molar refractivity (Wildman–Crippen MR) is 103 cm³/mol. The summed E-state index contributed by atoms with van der Waals surface area (Å²) < 4.78 is 46.5. The molecule has 2 aliphatic rings. The van der Waals surface area contributed by atoms with Gasteiger partial charge in [0.25, 0.3) is 5.91 Å². The highest BCUT2D eigenvalue weighted by molar-refractivity contribution is 5.98. The van der Waals surface area contributed by atoms with Gasteiger partial charge in [0.1, 0.15) is 18.1 Å². The molecule has 0 saturated carbocycles. The molecular formula is C21H22F2N2O6. The lowest BCUT2D eigenvalue weighted by atomic mass is 10.1. The van der Waals surface area contributed by atoms with Crippen molar-refractivity contribution in [3.05, 3.63) is 47.4 Å². The molecule has 1 amide bonds. The Kier molecular flexibility index (Phi) is 5.81. The minimum Gasteiger partial charge on any atom is -0.461 e. The maximum atomic E-state index is 13.4. The Morgan fingerprint density at radius 3 is 2.68 bits per heavy atom. The molecule has 2 aromatic rings. The third-order valence-corrected chi connectivity index (χ3v) is 5.05. The highest BCUT2D eigenvalue weighted by atomic mass is 19.3. The average Bonchev–Trinajstić information content (AvgIpc) is 3.20. The fourth-order valence-corrected chi connectivity index (χ4v) is 3.62. The summed E-state index contributed by atoms with van der Waals surface area (Å²) >= 11 is 0. The number of ether oxygens (including phenoxy) is 3. The number of carbonyl (C=O) groups is 2. The smallest absolute Gasteiger partial charge is 0.461 e. The quantitative estimate of drug-likeness (QED) is 0.667. The van der Waals surface area contributed by atoms with Crippen LogP contribution in [0, 0.1) is 0 Å². The van der Waals surface area contributed by atoms with Crippen LogP contribution in [-0.4, -0.2) is 54.1 Å². The monoisotopic (exact) mass is 436 g/mol. The van der Waals surface area contributed by atoms with Crippen LogP contribution in [0.25, 0.3) is 0 Å². The molecule has 1 saturated heterocycles. The van der Waals surface area contributed by atoms with Crippen LogP contribution in [0.2, 0.25) is 0 Å². The highest BCUT2D eigenvalue weighted by Crippen LogP contribution is 2.43. The zero-order valence-corrected chi connectivity index (χ0v) is 16.9. The first-order valence-corrected chi connectivity index (χ1v) is 9.92. The van der Waals surface area contributed by atoms with E-state index in [9.17, 15) is 18.4 Å². The van der Waals surface area contributed by atoms with Crippen LogP contribution >= 0.6 is 0 Å². The van der Waals surface area contributed by atoms with Gasteiger partial charge in [-0.1, -0.05) is 6.07 Å². The Balaban J connectivity index is 1.36. The van der Waals surface area contributed by atoms with Crippen LogP contribution in [0.4, 0.5) is 8.78 Å². The molecule has 31 heavy (non-hydrogen) atoms. The van der Waals surface area contributed by atoms with E-state index in [1.165, 1.54) is 25.1 Å². The number of para-hydroxylation sites is 1. The Bertz CT molecular complexity index is 977. The third kappa shape index (κ3) is 4.96. The van der Waals surface area contributed by atoms with Crippen molar-refractivity contribution in [3.8, 4) is 11.5 Å². The van der Waals surface area contributed by atoms with Gasteiger partial charge in [-0.15, -0.1) is 8.78 Å². The number of nitrogens with zero attached hydrogens (tertiary/aromatic N) is 2. The van der Waals surface area contributed by atoms with Crippen molar-refractivity contribution >= 4 is 11.9 Å². The number of carbonyl (C=O) groups excluding carboxylic acids is 2. The Morgan fingerprint density at radius 1 is 1.06 bits per heavy atom. The molecular weight excluding hydrogens is 414 g/mol. The van der Waals surface area contributed by atoms with Crippen LogP contribution in [0.1, 0.15) is 35.2 Å². The molecule has 0 unspecified atom stereocenters. The molecule has 0 radical (unpaired) electrons. The number of hydrogen-bond acceptors (Lipinski definition) is 7. The highest BCUT2D eigenvalue weighted by Gasteiger charge is 2.45. The van der Waals surface area contributed by atoms with Gasteiger partial charge in [-0.05, 0) is 30.7 Å². The van der Waals surface area contributed by atoms with Crippen LogP contribution in [0.3, 0.4) is 0 Å². The number of amides is 1. The van der Waals surface area contributed by atoms with Crippen molar-refractivity contribution in [2.45, 2.75) is 32.8 Å². The topological polar surface area (TPSA) is 81.5 Å². The fraction of sp³-hybridized carbons (Fsp3) is 0.429. The second kappa shape index (κ2) is 8.54. The van der Waals surface area contributed by atoms with E-state index in [2.05, 4.69) is 14.4 Å². The Labute approximate surface area is 177 Å². The molecule has 1 fully saturated rings. The van der Waals surface area contributed by atoms with E-state index in [-0.39, 0.29) is 35.5 Å². The minimum absolute atomic E-state index is 0.0595.